The lowest BCUT2D eigenvalue weighted by Crippen LogP contribution is -2.40. The molecule has 8 nitrogen and oxygen atoms in total. The molecule has 2 aliphatic rings. The summed E-state index contributed by atoms with van der Waals surface area (Å²) >= 11 is 0. The van der Waals surface area contributed by atoms with Crippen molar-refractivity contribution in [2.24, 2.45) is 5.92 Å². The molecule has 3 heterocycles. The van der Waals surface area contributed by atoms with Crippen molar-refractivity contribution in [3.63, 3.8) is 0 Å². The van der Waals surface area contributed by atoms with E-state index in [1.165, 1.54) is 25.0 Å². The van der Waals surface area contributed by atoms with E-state index in [-0.39, 0.29) is 28.7 Å². The van der Waals surface area contributed by atoms with Gasteiger partial charge in [-0.05, 0) is 49.3 Å². The first kappa shape index (κ1) is 20.8. The summed E-state index contributed by atoms with van der Waals surface area (Å²) in [7, 11) is 0. The molecule has 1 atom stereocenters. The third kappa shape index (κ3) is 4.28. The fourth-order valence-electron chi connectivity index (χ4n) is 4.96. The van der Waals surface area contributed by atoms with Crippen LogP contribution in [0.4, 0.5) is 4.39 Å². The Balaban J connectivity index is 1.36. The van der Waals surface area contributed by atoms with E-state index < -0.39 is 0 Å². The molecule has 5 rings (SSSR count). The number of rotatable bonds is 5. The predicted molar refractivity (Wildman–Crippen MR) is 117 cm³/mol. The zero-order valence-electron chi connectivity index (χ0n) is 18.0. The number of hydrogen-bond donors (Lipinski definition) is 1. The van der Waals surface area contributed by atoms with E-state index in [0.717, 1.165) is 37.8 Å². The number of aromatic amines is 1. The van der Waals surface area contributed by atoms with Crippen molar-refractivity contribution in [3.05, 3.63) is 51.8 Å². The molecular formula is C23H27FN6O2. The number of amides is 1. The molecule has 2 fully saturated rings. The molecule has 1 amide bonds. The van der Waals surface area contributed by atoms with Gasteiger partial charge in [-0.3, -0.25) is 9.59 Å². The van der Waals surface area contributed by atoms with E-state index in [0.29, 0.717) is 36.9 Å². The lowest BCUT2D eigenvalue weighted by Gasteiger charge is -2.33. The average Bonchev–Trinajstić information content (AvgIpc) is 3.46. The summed E-state index contributed by atoms with van der Waals surface area (Å²) in [6.07, 6.45) is 7.14. The fourth-order valence-corrected chi connectivity index (χ4v) is 4.96. The summed E-state index contributed by atoms with van der Waals surface area (Å²) in [5.41, 5.74) is 1.09. The number of hydrogen-bond acceptors (Lipinski definition) is 5. The van der Waals surface area contributed by atoms with Gasteiger partial charge in [0.15, 0.2) is 11.2 Å². The van der Waals surface area contributed by atoms with Crippen LogP contribution in [0.3, 0.4) is 0 Å². The van der Waals surface area contributed by atoms with Gasteiger partial charge in [-0.1, -0.05) is 30.2 Å². The van der Waals surface area contributed by atoms with Crippen LogP contribution in [-0.2, 0) is 11.3 Å². The van der Waals surface area contributed by atoms with Crippen LogP contribution < -0.4 is 5.56 Å². The normalized spacial score (nSPS) is 19.7. The predicted octanol–water partition coefficient (Wildman–Crippen LogP) is 2.99. The van der Waals surface area contributed by atoms with Gasteiger partial charge in [0.1, 0.15) is 11.6 Å². The number of fused-ring (bicyclic) bond motifs is 1. The Morgan fingerprint density at radius 2 is 1.91 bits per heavy atom. The van der Waals surface area contributed by atoms with Gasteiger partial charge in [0, 0.05) is 25.4 Å². The highest BCUT2D eigenvalue weighted by Crippen LogP contribution is 2.30. The summed E-state index contributed by atoms with van der Waals surface area (Å²) in [5.74, 6) is 0.974. The molecule has 1 aliphatic carbocycles. The number of carbonyl (C=O) groups excluding carboxylic acids is 1. The van der Waals surface area contributed by atoms with Crippen molar-refractivity contribution in [1.29, 1.82) is 0 Å². The van der Waals surface area contributed by atoms with Crippen molar-refractivity contribution in [2.75, 3.05) is 13.1 Å². The Morgan fingerprint density at radius 1 is 1.12 bits per heavy atom. The Kier molecular flexibility index (Phi) is 5.71. The minimum atomic E-state index is -0.329. The number of aromatic nitrogens is 5. The van der Waals surface area contributed by atoms with Gasteiger partial charge >= 0.3 is 0 Å². The van der Waals surface area contributed by atoms with Gasteiger partial charge < -0.3 is 9.88 Å². The van der Waals surface area contributed by atoms with Gasteiger partial charge in [0.25, 0.3) is 5.56 Å². The number of piperidine rings is 1. The molecule has 1 saturated carbocycles. The second-order valence-corrected chi connectivity index (χ2v) is 9.03. The van der Waals surface area contributed by atoms with E-state index in [4.69, 9.17) is 4.98 Å². The molecule has 32 heavy (non-hydrogen) atoms. The van der Waals surface area contributed by atoms with Crippen molar-refractivity contribution in [2.45, 2.75) is 57.4 Å². The number of halogens is 1. The molecule has 9 heteroatoms. The zero-order chi connectivity index (χ0) is 22.1. The van der Waals surface area contributed by atoms with E-state index in [1.54, 1.807) is 16.8 Å². The Hall–Kier alpha value is -3.10. The summed E-state index contributed by atoms with van der Waals surface area (Å²) in [4.78, 5) is 35.0. The number of benzene rings is 1. The minimum absolute atomic E-state index is 0.0254. The molecular weight excluding hydrogens is 411 g/mol. The lowest BCUT2D eigenvalue weighted by atomic mass is 9.95. The first-order valence-electron chi connectivity index (χ1n) is 11.4. The second-order valence-electron chi connectivity index (χ2n) is 9.03. The average molecular weight is 439 g/mol. The van der Waals surface area contributed by atoms with E-state index in [9.17, 15) is 14.0 Å². The third-order valence-electron chi connectivity index (χ3n) is 6.74. The largest absolute Gasteiger partial charge is 0.342 e. The van der Waals surface area contributed by atoms with Crippen molar-refractivity contribution >= 4 is 17.1 Å². The van der Waals surface area contributed by atoms with Crippen molar-refractivity contribution < 1.29 is 9.18 Å². The quantitative estimate of drug-likeness (QED) is 0.661. The Morgan fingerprint density at radius 3 is 2.69 bits per heavy atom. The molecule has 2 aromatic heterocycles. The zero-order valence-corrected chi connectivity index (χ0v) is 18.0. The standard InChI is InChI=1S/C23H27FN6O2/c24-18-9-7-16(8-10-18)13-30-22-20(27-28-30)23(32)26-21(25-22)17-6-3-11-29(14-17)19(31)12-15-4-1-2-5-15/h7-10,15,17H,1-6,11-14H2,(H,25,26,32). The molecule has 0 radical (unpaired) electrons. The van der Waals surface area contributed by atoms with Crippen molar-refractivity contribution in [1.82, 2.24) is 29.9 Å². The van der Waals surface area contributed by atoms with Crippen LogP contribution in [0.2, 0.25) is 0 Å². The molecule has 0 spiro atoms. The van der Waals surface area contributed by atoms with Gasteiger partial charge in [0.05, 0.1) is 6.54 Å². The number of carbonyl (C=O) groups is 1. The third-order valence-corrected chi connectivity index (χ3v) is 6.74. The highest BCUT2D eigenvalue weighted by atomic mass is 19.1. The second kappa shape index (κ2) is 8.80. The molecule has 1 unspecified atom stereocenters. The molecule has 1 aromatic carbocycles. The molecule has 168 valence electrons. The lowest BCUT2D eigenvalue weighted by molar-refractivity contribution is -0.133. The maximum atomic E-state index is 13.2. The van der Waals surface area contributed by atoms with Gasteiger partial charge in [-0.25, -0.2) is 14.1 Å². The summed E-state index contributed by atoms with van der Waals surface area (Å²) < 4.78 is 14.8. The van der Waals surface area contributed by atoms with Gasteiger partial charge in [-0.15, -0.1) is 5.10 Å². The minimum Gasteiger partial charge on any atom is -0.342 e. The van der Waals surface area contributed by atoms with E-state index >= 15 is 0 Å². The van der Waals surface area contributed by atoms with Crippen LogP contribution in [0.25, 0.3) is 11.2 Å². The highest BCUT2D eigenvalue weighted by Gasteiger charge is 2.29. The molecule has 1 N–H and O–H groups in total. The summed E-state index contributed by atoms with van der Waals surface area (Å²) in [6.45, 7) is 1.67. The topological polar surface area (TPSA) is 96.8 Å². The summed E-state index contributed by atoms with van der Waals surface area (Å²) in [5, 5.41) is 8.07. The van der Waals surface area contributed by atoms with Crippen LogP contribution in [-0.4, -0.2) is 48.9 Å². The fraction of sp³-hybridized carbons (Fsp3) is 0.522. The number of H-pyrrole nitrogens is 1. The number of nitrogens with zero attached hydrogens (tertiary/aromatic N) is 5. The van der Waals surface area contributed by atoms with Crippen LogP contribution in [0.15, 0.2) is 29.1 Å². The first-order valence-corrected chi connectivity index (χ1v) is 11.4. The Bertz CT molecular complexity index is 1170. The maximum absolute atomic E-state index is 13.2. The number of likely N-dealkylation sites (tertiary alicyclic amines) is 1. The maximum Gasteiger partial charge on any atom is 0.281 e. The smallest absolute Gasteiger partial charge is 0.281 e. The summed E-state index contributed by atoms with van der Waals surface area (Å²) in [6, 6.07) is 6.12. The molecule has 3 aromatic rings. The van der Waals surface area contributed by atoms with Crippen LogP contribution >= 0.6 is 0 Å². The monoisotopic (exact) mass is 438 g/mol. The van der Waals surface area contributed by atoms with Gasteiger partial charge in [0.2, 0.25) is 5.91 Å². The molecule has 1 aliphatic heterocycles. The van der Waals surface area contributed by atoms with Crippen LogP contribution in [0, 0.1) is 11.7 Å². The first-order chi connectivity index (χ1) is 15.6. The van der Waals surface area contributed by atoms with E-state index in [1.807, 2.05) is 4.90 Å². The van der Waals surface area contributed by atoms with Crippen LogP contribution in [0.5, 0.6) is 0 Å². The van der Waals surface area contributed by atoms with E-state index in [2.05, 4.69) is 15.3 Å². The highest BCUT2D eigenvalue weighted by molar-refractivity contribution is 5.76. The van der Waals surface area contributed by atoms with Gasteiger partial charge in [-0.2, -0.15) is 0 Å². The van der Waals surface area contributed by atoms with Crippen LogP contribution in [0.1, 0.15) is 62.3 Å². The van der Waals surface area contributed by atoms with Crippen molar-refractivity contribution in [3.8, 4) is 0 Å². The Labute approximate surface area is 184 Å². The number of nitrogens with one attached hydrogen (secondary N) is 1. The SMILES string of the molecule is O=C(CC1CCCC1)N1CCCC(c2nc3c(nnn3Cc3ccc(F)cc3)c(=O)[nH]2)C1. The molecule has 0 bridgehead atoms. The molecule has 1 saturated heterocycles.